The highest BCUT2D eigenvalue weighted by atomic mass is 19.1. The Kier molecular flexibility index (Phi) is 7.91. The minimum absolute atomic E-state index is 0.0195. The number of carbonyl (C=O) groups excluding carboxylic acids is 1. The summed E-state index contributed by atoms with van der Waals surface area (Å²) in [5.74, 6) is 0.354. The molecule has 1 fully saturated rings. The van der Waals surface area contributed by atoms with E-state index in [-0.39, 0.29) is 17.2 Å². The number of phenols is 1. The predicted octanol–water partition coefficient (Wildman–Crippen LogP) is 4.98. The zero-order chi connectivity index (χ0) is 32.9. The summed E-state index contributed by atoms with van der Waals surface area (Å²) in [5, 5.41) is 18.4. The summed E-state index contributed by atoms with van der Waals surface area (Å²) in [6.45, 7) is 10.3. The smallest absolute Gasteiger partial charge is 0.274 e. The molecule has 0 aliphatic carbocycles. The van der Waals surface area contributed by atoms with Crippen LogP contribution in [-0.4, -0.2) is 96.3 Å². The van der Waals surface area contributed by atoms with Crippen LogP contribution >= 0.6 is 0 Å². The van der Waals surface area contributed by atoms with Gasteiger partial charge in [-0.1, -0.05) is 13.0 Å². The number of fused-ring (bicyclic) bond motifs is 2. The molecule has 2 aliphatic heterocycles. The second-order valence-electron chi connectivity index (χ2n) is 13.2. The summed E-state index contributed by atoms with van der Waals surface area (Å²) in [4.78, 5) is 37.4. The highest BCUT2D eigenvalue weighted by Crippen LogP contribution is 2.34. The molecule has 7 rings (SSSR count). The molecule has 1 saturated heterocycles. The van der Waals surface area contributed by atoms with E-state index in [9.17, 15) is 14.3 Å². The zero-order valence-corrected chi connectivity index (χ0v) is 27.3. The van der Waals surface area contributed by atoms with E-state index >= 15 is 0 Å². The molecule has 12 heteroatoms. The third-order valence-corrected chi connectivity index (χ3v) is 9.77. The predicted molar refractivity (Wildman–Crippen MR) is 179 cm³/mol. The minimum atomic E-state index is -0.647. The number of phenolic OH excluding ortho intramolecular Hbond substituents is 1. The SMILES string of the molecule is CCc1cc(O)c(F)cc1-c1ccc2c(-c3nc4c([nH]3)CCN(C(=O)c3cnc(N5CCCN(C)C(C)(C)C5)cn3)CC4)n[nH]c2c1. The maximum absolute atomic E-state index is 14.2. The Hall–Kier alpha value is -4.84. The van der Waals surface area contributed by atoms with Gasteiger partial charge in [0.2, 0.25) is 0 Å². The maximum Gasteiger partial charge on any atom is 0.274 e. The fourth-order valence-corrected chi connectivity index (χ4v) is 6.73. The van der Waals surface area contributed by atoms with Gasteiger partial charge in [-0.15, -0.1) is 0 Å². The Bertz CT molecular complexity index is 1920. The van der Waals surface area contributed by atoms with Crippen molar-refractivity contribution in [3.63, 3.8) is 0 Å². The molecule has 1 amide bonds. The molecule has 0 bridgehead atoms. The van der Waals surface area contributed by atoms with Gasteiger partial charge >= 0.3 is 0 Å². The number of aromatic nitrogens is 6. The van der Waals surface area contributed by atoms with Crippen molar-refractivity contribution in [1.29, 1.82) is 0 Å². The Labute approximate surface area is 272 Å². The Morgan fingerprint density at radius 2 is 1.89 bits per heavy atom. The fraction of sp³-hybridized carbons (Fsp3) is 0.400. The number of H-pyrrole nitrogens is 2. The number of nitrogens with zero attached hydrogens (tertiary/aromatic N) is 7. The summed E-state index contributed by atoms with van der Waals surface area (Å²) in [5.41, 5.74) is 6.22. The second-order valence-corrected chi connectivity index (χ2v) is 13.2. The molecule has 0 unspecified atom stereocenters. The van der Waals surface area contributed by atoms with Crippen molar-refractivity contribution in [3.05, 3.63) is 71.2 Å². The van der Waals surface area contributed by atoms with E-state index in [1.165, 1.54) is 12.1 Å². The van der Waals surface area contributed by atoms with E-state index in [0.717, 1.165) is 70.9 Å². The summed E-state index contributed by atoms with van der Waals surface area (Å²) in [6.07, 6.45) is 6.28. The third-order valence-electron chi connectivity index (χ3n) is 9.77. The first-order valence-electron chi connectivity index (χ1n) is 16.3. The minimum Gasteiger partial charge on any atom is -0.505 e. The maximum atomic E-state index is 14.2. The topological polar surface area (TPSA) is 130 Å². The molecule has 2 aromatic carbocycles. The number of aryl methyl sites for hydroxylation is 1. The van der Waals surface area contributed by atoms with Crippen LogP contribution in [0, 0.1) is 5.82 Å². The van der Waals surface area contributed by atoms with Crippen LogP contribution in [0.4, 0.5) is 10.2 Å². The van der Waals surface area contributed by atoms with Crippen molar-refractivity contribution in [1.82, 2.24) is 39.9 Å². The molecule has 5 aromatic rings. The van der Waals surface area contributed by atoms with Crippen molar-refractivity contribution in [3.8, 4) is 28.4 Å². The number of aromatic amines is 2. The van der Waals surface area contributed by atoms with Crippen LogP contribution in [0.25, 0.3) is 33.5 Å². The van der Waals surface area contributed by atoms with Gasteiger partial charge in [0, 0.05) is 62.2 Å². The van der Waals surface area contributed by atoms with E-state index in [4.69, 9.17) is 4.98 Å². The monoisotopic (exact) mass is 637 g/mol. The van der Waals surface area contributed by atoms with Gasteiger partial charge in [-0.3, -0.25) is 14.8 Å². The van der Waals surface area contributed by atoms with E-state index in [1.807, 2.05) is 30.0 Å². The molecular formula is C35H40FN9O2. The van der Waals surface area contributed by atoms with E-state index in [1.54, 1.807) is 12.4 Å². The molecule has 11 nitrogen and oxygen atoms in total. The number of benzene rings is 2. The average molecular weight is 638 g/mol. The standard InChI is InChI=1S/C35H40FN9O2/c1-5-21-16-30(46)25(36)17-24(21)22-7-8-23-28(15-22)41-42-32(23)33-39-26-9-13-44(14-10-27(26)40-33)34(47)29-18-38-31(19-37-29)45-12-6-11-43(4)35(2,3)20-45/h7-8,15-19,46H,5-6,9-14,20H2,1-4H3,(H,39,40)(H,41,42). The van der Waals surface area contributed by atoms with Gasteiger partial charge < -0.3 is 19.9 Å². The van der Waals surface area contributed by atoms with Crippen LogP contribution in [0.1, 0.15) is 54.6 Å². The Morgan fingerprint density at radius 1 is 1.06 bits per heavy atom. The number of amides is 1. The first-order chi connectivity index (χ1) is 22.6. The first-order valence-corrected chi connectivity index (χ1v) is 16.3. The normalized spacial score (nSPS) is 17.0. The van der Waals surface area contributed by atoms with Crippen molar-refractivity contribution >= 4 is 22.6 Å². The van der Waals surface area contributed by atoms with Gasteiger partial charge in [0.25, 0.3) is 5.91 Å². The summed E-state index contributed by atoms with van der Waals surface area (Å²) in [7, 11) is 2.16. The number of anilines is 1. The lowest BCUT2D eigenvalue weighted by molar-refractivity contribution is 0.0756. The van der Waals surface area contributed by atoms with E-state index in [0.29, 0.717) is 49.6 Å². The molecule has 0 radical (unpaired) electrons. The number of carbonyl (C=O) groups is 1. The molecule has 5 heterocycles. The summed E-state index contributed by atoms with van der Waals surface area (Å²) < 4.78 is 14.2. The van der Waals surface area contributed by atoms with Crippen LogP contribution in [-0.2, 0) is 19.3 Å². The first kappa shape index (κ1) is 30.8. The van der Waals surface area contributed by atoms with Gasteiger partial charge in [0.1, 0.15) is 17.2 Å². The third kappa shape index (κ3) is 5.82. The number of halogens is 1. The molecule has 3 aromatic heterocycles. The van der Waals surface area contributed by atoms with Crippen LogP contribution < -0.4 is 4.90 Å². The van der Waals surface area contributed by atoms with Crippen LogP contribution in [0.3, 0.4) is 0 Å². The lowest BCUT2D eigenvalue weighted by atomic mass is 9.96. The quantitative estimate of drug-likeness (QED) is 0.246. The average Bonchev–Trinajstić information content (AvgIpc) is 3.58. The number of rotatable bonds is 5. The van der Waals surface area contributed by atoms with Crippen molar-refractivity contribution in [2.45, 2.75) is 52.0 Å². The molecular weight excluding hydrogens is 597 g/mol. The Balaban J connectivity index is 1.04. The van der Waals surface area contributed by atoms with Crippen LogP contribution in [0.15, 0.2) is 42.7 Å². The molecule has 0 spiro atoms. The molecule has 0 atom stereocenters. The van der Waals surface area contributed by atoms with Crippen molar-refractivity contribution in [2.24, 2.45) is 0 Å². The van der Waals surface area contributed by atoms with Crippen molar-refractivity contribution < 1.29 is 14.3 Å². The van der Waals surface area contributed by atoms with Gasteiger partial charge in [-0.2, -0.15) is 5.10 Å². The van der Waals surface area contributed by atoms with Crippen LogP contribution in [0.2, 0.25) is 0 Å². The molecule has 47 heavy (non-hydrogen) atoms. The highest BCUT2D eigenvalue weighted by molar-refractivity contribution is 5.94. The molecule has 2 aliphatic rings. The van der Waals surface area contributed by atoms with E-state index < -0.39 is 5.82 Å². The highest BCUT2D eigenvalue weighted by Gasteiger charge is 2.30. The van der Waals surface area contributed by atoms with Crippen LogP contribution in [0.5, 0.6) is 5.75 Å². The molecule has 244 valence electrons. The number of imidazole rings is 1. The lowest BCUT2D eigenvalue weighted by Gasteiger charge is -2.36. The Morgan fingerprint density at radius 3 is 2.68 bits per heavy atom. The fourth-order valence-electron chi connectivity index (χ4n) is 6.73. The lowest BCUT2D eigenvalue weighted by Crippen LogP contribution is -2.47. The number of aromatic hydroxyl groups is 1. The zero-order valence-electron chi connectivity index (χ0n) is 27.3. The summed E-state index contributed by atoms with van der Waals surface area (Å²) >= 11 is 0. The number of likely N-dealkylation sites (N-methyl/N-ethyl adjacent to an activating group) is 1. The second kappa shape index (κ2) is 12.1. The number of hydrogen-bond acceptors (Lipinski definition) is 8. The number of nitrogens with one attached hydrogen (secondary N) is 2. The largest absolute Gasteiger partial charge is 0.505 e. The molecule has 0 saturated carbocycles. The van der Waals surface area contributed by atoms with E-state index in [2.05, 4.69) is 55.8 Å². The van der Waals surface area contributed by atoms with Gasteiger partial charge in [-0.05, 0) is 74.7 Å². The van der Waals surface area contributed by atoms with Gasteiger partial charge in [-0.25, -0.2) is 19.3 Å². The van der Waals surface area contributed by atoms with Gasteiger partial charge in [0.05, 0.1) is 23.6 Å². The van der Waals surface area contributed by atoms with Crippen molar-refractivity contribution in [2.75, 3.05) is 44.7 Å². The summed E-state index contributed by atoms with van der Waals surface area (Å²) in [6, 6.07) is 8.70. The number of hydrogen-bond donors (Lipinski definition) is 3. The molecule has 3 N–H and O–H groups in total. The van der Waals surface area contributed by atoms with Gasteiger partial charge in [0.15, 0.2) is 17.4 Å².